The van der Waals surface area contributed by atoms with E-state index in [2.05, 4.69) is 0 Å². The minimum absolute atomic E-state index is 0.247. The Hall–Kier alpha value is -1.12. The van der Waals surface area contributed by atoms with Crippen molar-refractivity contribution >= 4 is 10.0 Å². The molecule has 1 saturated carbocycles. The zero-order chi connectivity index (χ0) is 14.2. The van der Waals surface area contributed by atoms with E-state index in [1.165, 1.54) is 0 Å². The molecule has 1 aromatic carbocycles. The number of rotatable bonds is 5. The summed E-state index contributed by atoms with van der Waals surface area (Å²) in [4.78, 5) is -1.17. The summed E-state index contributed by atoms with van der Waals surface area (Å²) in [5, 5.41) is 8.85. The van der Waals surface area contributed by atoms with Gasteiger partial charge >= 0.3 is 0 Å². The van der Waals surface area contributed by atoms with Crippen molar-refractivity contribution < 1.29 is 26.7 Å². The fourth-order valence-electron chi connectivity index (χ4n) is 1.85. The number of halogens is 3. The molecule has 1 aliphatic carbocycles. The number of hydrogen-bond donors (Lipinski definition) is 1. The van der Waals surface area contributed by atoms with Crippen LogP contribution in [-0.2, 0) is 10.0 Å². The molecule has 1 fully saturated rings. The molecular weight excluding hydrogens is 283 g/mol. The lowest BCUT2D eigenvalue weighted by molar-refractivity contribution is 0.249. The first-order chi connectivity index (χ1) is 8.87. The SMILES string of the molecule is O=S(=O)(c1c(F)cc(F)cc1F)N(CCO)C1CC1. The Labute approximate surface area is 108 Å². The van der Waals surface area contributed by atoms with Crippen LogP contribution in [0.15, 0.2) is 17.0 Å². The first-order valence-electron chi connectivity index (χ1n) is 5.65. The summed E-state index contributed by atoms with van der Waals surface area (Å²) in [6.45, 7) is -0.705. The molecule has 0 atom stereocenters. The zero-order valence-electron chi connectivity index (χ0n) is 9.81. The van der Waals surface area contributed by atoms with Crippen LogP contribution in [0.3, 0.4) is 0 Å². The summed E-state index contributed by atoms with van der Waals surface area (Å²) in [7, 11) is -4.42. The molecule has 0 unspecified atom stereocenters. The molecule has 0 radical (unpaired) electrons. The van der Waals surface area contributed by atoms with Crippen molar-refractivity contribution in [2.45, 2.75) is 23.8 Å². The van der Waals surface area contributed by atoms with E-state index in [1.807, 2.05) is 0 Å². The molecule has 1 N–H and O–H groups in total. The van der Waals surface area contributed by atoms with E-state index in [0.29, 0.717) is 25.0 Å². The molecule has 0 aliphatic heterocycles. The molecule has 1 aliphatic rings. The Kier molecular flexibility index (Phi) is 3.84. The second-order valence-corrected chi connectivity index (χ2v) is 6.10. The van der Waals surface area contributed by atoms with E-state index in [-0.39, 0.29) is 12.6 Å². The van der Waals surface area contributed by atoms with E-state index in [4.69, 9.17) is 5.11 Å². The van der Waals surface area contributed by atoms with Gasteiger partial charge in [0.15, 0.2) is 4.90 Å². The highest BCUT2D eigenvalue weighted by molar-refractivity contribution is 7.89. The number of benzene rings is 1. The molecule has 4 nitrogen and oxygen atoms in total. The normalized spacial score (nSPS) is 16.1. The number of hydrogen-bond acceptors (Lipinski definition) is 3. The largest absolute Gasteiger partial charge is 0.395 e. The highest BCUT2D eigenvalue weighted by Crippen LogP contribution is 2.33. The molecule has 2 rings (SSSR count). The van der Waals surface area contributed by atoms with Gasteiger partial charge in [-0.05, 0) is 12.8 Å². The standard InChI is InChI=1S/C11H12F3NO3S/c12-7-5-9(13)11(10(14)6-7)19(17,18)15(3-4-16)8-1-2-8/h5-6,8,16H,1-4H2. The second-order valence-electron chi connectivity index (χ2n) is 4.27. The lowest BCUT2D eigenvalue weighted by atomic mass is 10.3. The molecule has 8 heteroatoms. The maximum atomic E-state index is 13.5. The van der Waals surface area contributed by atoms with Crippen molar-refractivity contribution in [1.82, 2.24) is 4.31 Å². The number of sulfonamides is 1. The summed E-state index contributed by atoms with van der Waals surface area (Å²) >= 11 is 0. The van der Waals surface area contributed by atoms with Gasteiger partial charge in [-0.25, -0.2) is 21.6 Å². The Morgan fingerprint density at radius 2 is 1.74 bits per heavy atom. The van der Waals surface area contributed by atoms with Crippen LogP contribution in [0.25, 0.3) is 0 Å². The Bertz CT molecular complexity index is 564. The molecule has 0 aromatic heterocycles. The molecule has 1 aromatic rings. The monoisotopic (exact) mass is 295 g/mol. The summed E-state index contributed by atoms with van der Waals surface area (Å²) < 4.78 is 65.1. The quantitative estimate of drug-likeness (QED) is 0.889. The first-order valence-corrected chi connectivity index (χ1v) is 7.09. The van der Waals surface area contributed by atoms with Crippen LogP contribution < -0.4 is 0 Å². The van der Waals surface area contributed by atoms with E-state index >= 15 is 0 Å². The van der Waals surface area contributed by atoms with Crippen molar-refractivity contribution in [3.05, 3.63) is 29.6 Å². The van der Waals surface area contributed by atoms with Crippen molar-refractivity contribution in [3.8, 4) is 0 Å². The lowest BCUT2D eigenvalue weighted by Gasteiger charge is -2.21. The third kappa shape index (κ3) is 2.75. The fourth-order valence-corrected chi connectivity index (χ4v) is 3.62. The van der Waals surface area contributed by atoms with Gasteiger partial charge in [-0.15, -0.1) is 0 Å². The van der Waals surface area contributed by atoms with Crippen LogP contribution in [0.2, 0.25) is 0 Å². The van der Waals surface area contributed by atoms with Gasteiger partial charge in [-0.1, -0.05) is 0 Å². The van der Waals surface area contributed by atoms with E-state index in [9.17, 15) is 21.6 Å². The van der Waals surface area contributed by atoms with Gasteiger partial charge in [0.1, 0.15) is 17.5 Å². The highest BCUT2D eigenvalue weighted by Gasteiger charge is 2.40. The van der Waals surface area contributed by atoms with Gasteiger partial charge in [0, 0.05) is 24.7 Å². The summed E-state index contributed by atoms with van der Waals surface area (Å²) in [5.74, 6) is -4.13. The van der Waals surface area contributed by atoms with Crippen molar-refractivity contribution in [2.24, 2.45) is 0 Å². The highest BCUT2D eigenvalue weighted by atomic mass is 32.2. The Morgan fingerprint density at radius 1 is 1.21 bits per heavy atom. The molecule has 19 heavy (non-hydrogen) atoms. The molecule has 106 valence electrons. The van der Waals surface area contributed by atoms with Gasteiger partial charge in [-0.3, -0.25) is 0 Å². The molecule has 0 heterocycles. The number of aliphatic hydroxyl groups excluding tert-OH is 1. The van der Waals surface area contributed by atoms with Crippen molar-refractivity contribution in [3.63, 3.8) is 0 Å². The van der Waals surface area contributed by atoms with Gasteiger partial charge in [0.2, 0.25) is 10.0 Å². The maximum Gasteiger partial charge on any atom is 0.249 e. The van der Waals surface area contributed by atoms with Gasteiger partial charge < -0.3 is 5.11 Å². The van der Waals surface area contributed by atoms with Crippen molar-refractivity contribution in [1.29, 1.82) is 0 Å². The molecular formula is C11H12F3NO3S. The first kappa shape index (κ1) is 14.3. The molecule has 0 bridgehead atoms. The van der Waals surface area contributed by atoms with Gasteiger partial charge in [0.05, 0.1) is 6.61 Å². The minimum Gasteiger partial charge on any atom is -0.395 e. The summed E-state index contributed by atoms with van der Waals surface area (Å²) in [6, 6.07) is 0.279. The smallest absolute Gasteiger partial charge is 0.249 e. The average molecular weight is 295 g/mol. The molecule has 0 amide bonds. The van der Waals surface area contributed by atoms with Crippen LogP contribution in [0, 0.1) is 17.5 Å². The molecule has 0 saturated heterocycles. The maximum absolute atomic E-state index is 13.5. The number of nitrogens with zero attached hydrogens (tertiary/aromatic N) is 1. The predicted octanol–water partition coefficient (Wildman–Crippen LogP) is 1.25. The predicted molar refractivity (Wildman–Crippen MR) is 60.3 cm³/mol. The van der Waals surface area contributed by atoms with Gasteiger partial charge in [-0.2, -0.15) is 4.31 Å². The summed E-state index contributed by atoms with van der Waals surface area (Å²) in [5.41, 5.74) is 0. The second kappa shape index (κ2) is 5.10. The van der Waals surface area contributed by atoms with Crippen LogP contribution >= 0.6 is 0 Å². The van der Waals surface area contributed by atoms with E-state index in [1.54, 1.807) is 0 Å². The van der Waals surface area contributed by atoms with E-state index in [0.717, 1.165) is 4.31 Å². The molecule has 0 spiro atoms. The van der Waals surface area contributed by atoms with Crippen LogP contribution in [-0.4, -0.2) is 37.0 Å². The van der Waals surface area contributed by atoms with E-state index < -0.39 is 39.0 Å². The Balaban J connectivity index is 2.49. The third-order valence-corrected chi connectivity index (χ3v) is 4.81. The third-order valence-electron chi connectivity index (χ3n) is 2.80. The Morgan fingerprint density at radius 3 is 2.16 bits per heavy atom. The zero-order valence-corrected chi connectivity index (χ0v) is 10.6. The number of aliphatic hydroxyl groups is 1. The topological polar surface area (TPSA) is 57.6 Å². The summed E-state index contributed by atoms with van der Waals surface area (Å²) in [6.07, 6.45) is 1.15. The average Bonchev–Trinajstić information content (AvgIpc) is 3.07. The van der Waals surface area contributed by atoms with Crippen LogP contribution in [0.5, 0.6) is 0 Å². The fraction of sp³-hybridized carbons (Fsp3) is 0.455. The van der Waals surface area contributed by atoms with Crippen LogP contribution in [0.1, 0.15) is 12.8 Å². The van der Waals surface area contributed by atoms with Crippen LogP contribution in [0.4, 0.5) is 13.2 Å². The van der Waals surface area contributed by atoms with Gasteiger partial charge in [0.25, 0.3) is 0 Å². The van der Waals surface area contributed by atoms with Crippen molar-refractivity contribution in [2.75, 3.05) is 13.2 Å². The minimum atomic E-state index is -4.42. The lowest BCUT2D eigenvalue weighted by Crippen LogP contribution is -2.36.